The monoisotopic (exact) mass is 457 g/mol. The van der Waals surface area contributed by atoms with Crippen molar-refractivity contribution >= 4 is 17.7 Å². The Balaban J connectivity index is 1.42. The van der Waals surface area contributed by atoms with Gasteiger partial charge in [-0.2, -0.15) is 0 Å². The number of amides is 1. The van der Waals surface area contributed by atoms with Gasteiger partial charge in [0.25, 0.3) is 5.56 Å². The van der Waals surface area contributed by atoms with Gasteiger partial charge in [0.15, 0.2) is 0 Å². The Hall–Kier alpha value is -4.46. The van der Waals surface area contributed by atoms with Crippen LogP contribution in [0.25, 0.3) is 5.65 Å². The van der Waals surface area contributed by atoms with E-state index < -0.39 is 18.1 Å². The maximum Gasteiger partial charge on any atom is 0.408 e. The van der Waals surface area contributed by atoms with E-state index in [1.165, 1.54) is 10.5 Å². The summed E-state index contributed by atoms with van der Waals surface area (Å²) in [6.07, 6.45) is 1.10. The van der Waals surface area contributed by atoms with Crippen LogP contribution in [0, 0.1) is 0 Å². The number of aromatic nitrogens is 2. The molecule has 0 aliphatic carbocycles. The Morgan fingerprint density at radius 3 is 2.26 bits per heavy atom. The summed E-state index contributed by atoms with van der Waals surface area (Å²) in [5, 5.41) is 2.59. The number of alkyl carbamates (subject to hydrolysis) is 1. The minimum absolute atomic E-state index is 0.0741. The van der Waals surface area contributed by atoms with Crippen molar-refractivity contribution in [3.63, 3.8) is 0 Å². The van der Waals surface area contributed by atoms with Crippen molar-refractivity contribution < 1.29 is 19.1 Å². The Labute approximate surface area is 195 Å². The second kappa shape index (κ2) is 10.9. The van der Waals surface area contributed by atoms with Crippen LogP contribution in [0.15, 0.2) is 95.9 Å². The normalized spacial score (nSPS) is 11.5. The Morgan fingerprint density at radius 1 is 0.853 bits per heavy atom. The third-order valence-electron chi connectivity index (χ3n) is 5.06. The van der Waals surface area contributed by atoms with Crippen molar-refractivity contribution in [3.8, 4) is 0 Å². The summed E-state index contributed by atoms with van der Waals surface area (Å²) >= 11 is 0. The summed E-state index contributed by atoms with van der Waals surface area (Å²) in [5.74, 6) is -0.657. The molecule has 1 atom stereocenters. The Bertz CT molecular complexity index is 1320. The highest BCUT2D eigenvalue weighted by atomic mass is 16.6. The first-order chi connectivity index (χ1) is 16.6. The average Bonchev–Trinajstić information content (AvgIpc) is 2.87. The van der Waals surface area contributed by atoms with Crippen molar-refractivity contribution in [1.82, 2.24) is 14.7 Å². The molecule has 2 aromatic carbocycles. The van der Waals surface area contributed by atoms with Gasteiger partial charge >= 0.3 is 12.1 Å². The number of nitrogens with one attached hydrogen (secondary N) is 1. The largest absolute Gasteiger partial charge is 0.458 e. The molecule has 0 spiro atoms. The fourth-order valence-corrected chi connectivity index (χ4v) is 3.37. The van der Waals surface area contributed by atoms with Crippen LogP contribution < -0.4 is 10.9 Å². The van der Waals surface area contributed by atoms with Crippen molar-refractivity contribution in [2.45, 2.75) is 25.7 Å². The van der Waals surface area contributed by atoms with E-state index in [1.807, 2.05) is 60.7 Å². The van der Waals surface area contributed by atoms with Gasteiger partial charge in [0, 0.05) is 18.7 Å². The summed E-state index contributed by atoms with van der Waals surface area (Å²) in [6.45, 7) is -0.129. The van der Waals surface area contributed by atoms with Crippen LogP contribution in [0.1, 0.15) is 16.8 Å². The lowest BCUT2D eigenvalue weighted by Gasteiger charge is -2.18. The molecule has 34 heavy (non-hydrogen) atoms. The molecule has 8 heteroatoms. The highest BCUT2D eigenvalue weighted by Gasteiger charge is 2.24. The van der Waals surface area contributed by atoms with Gasteiger partial charge in [-0.05, 0) is 23.3 Å². The lowest BCUT2D eigenvalue weighted by molar-refractivity contribution is -0.147. The molecule has 2 heterocycles. The van der Waals surface area contributed by atoms with E-state index in [4.69, 9.17) is 9.47 Å². The molecule has 8 nitrogen and oxygen atoms in total. The molecule has 0 radical (unpaired) electrons. The molecule has 4 rings (SSSR count). The molecule has 0 aliphatic rings. The fourth-order valence-electron chi connectivity index (χ4n) is 3.37. The summed E-state index contributed by atoms with van der Waals surface area (Å²) in [4.78, 5) is 41.9. The quantitative estimate of drug-likeness (QED) is 0.408. The van der Waals surface area contributed by atoms with Gasteiger partial charge in [0.2, 0.25) is 0 Å². The van der Waals surface area contributed by atoms with Gasteiger partial charge in [0.1, 0.15) is 24.9 Å². The number of pyridine rings is 1. The Morgan fingerprint density at radius 2 is 1.53 bits per heavy atom. The highest BCUT2D eigenvalue weighted by Crippen LogP contribution is 2.08. The maximum atomic E-state index is 12.9. The van der Waals surface area contributed by atoms with Crippen LogP contribution >= 0.6 is 0 Å². The zero-order chi connectivity index (χ0) is 23.8. The number of esters is 1. The number of benzene rings is 2. The molecule has 0 unspecified atom stereocenters. The number of rotatable bonds is 8. The van der Waals surface area contributed by atoms with Gasteiger partial charge in [-0.15, -0.1) is 0 Å². The third-order valence-corrected chi connectivity index (χ3v) is 5.06. The molecule has 1 N–H and O–H groups in total. The lowest BCUT2D eigenvalue weighted by atomic mass is 10.1. The predicted molar refractivity (Wildman–Crippen MR) is 125 cm³/mol. The van der Waals surface area contributed by atoms with E-state index in [1.54, 1.807) is 24.4 Å². The topological polar surface area (TPSA) is 99.0 Å². The predicted octanol–water partition coefficient (Wildman–Crippen LogP) is 3.28. The van der Waals surface area contributed by atoms with E-state index in [0.29, 0.717) is 11.3 Å². The number of carbonyl (C=O) groups excluding carboxylic acids is 2. The van der Waals surface area contributed by atoms with Gasteiger partial charge < -0.3 is 14.8 Å². The SMILES string of the molecule is O=C(N[C@@H](Cc1ccccc1)C(=O)OCc1cc(=O)n2ccccc2n1)OCc1ccccc1. The zero-order valence-corrected chi connectivity index (χ0v) is 18.3. The molecule has 1 amide bonds. The van der Waals surface area contributed by atoms with Crippen molar-refractivity contribution in [2.24, 2.45) is 0 Å². The van der Waals surface area contributed by atoms with Crippen LogP contribution in [-0.4, -0.2) is 27.5 Å². The minimum atomic E-state index is -0.979. The smallest absolute Gasteiger partial charge is 0.408 e. The van der Waals surface area contributed by atoms with Gasteiger partial charge in [-0.25, -0.2) is 14.6 Å². The molecule has 0 saturated carbocycles. The van der Waals surface area contributed by atoms with E-state index >= 15 is 0 Å². The Kier molecular flexibility index (Phi) is 7.29. The van der Waals surface area contributed by atoms with Crippen LogP contribution in [-0.2, 0) is 33.9 Å². The summed E-state index contributed by atoms with van der Waals surface area (Å²) in [6, 6.07) is 24.0. The van der Waals surface area contributed by atoms with Crippen molar-refractivity contribution in [2.75, 3.05) is 0 Å². The second-order valence-corrected chi connectivity index (χ2v) is 7.57. The molecular weight excluding hydrogens is 434 g/mol. The number of fused-ring (bicyclic) bond motifs is 1. The molecule has 2 aromatic heterocycles. The number of nitrogens with zero attached hydrogens (tertiary/aromatic N) is 2. The number of carbonyl (C=O) groups is 2. The standard InChI is InChI=1S/C26H23N3O5/c30-24-16-21(27-23-13-7-8-14-29(23)24)18-33-25(31)22(15-19-9-3-1-4-10-19)28-26(32)34-17-20-11-5-2-6-12-20/h1-14,16,22H,15,17-18H2,(H,28,32)/t22-/m0/s1. The zero-order valence-electron chi connectivity index (χ0n) is 18.3. The summed E-state index contributed by atoms with van der Waals surface area (Å²) < 4.78 is 12.1. The van der Waals surface area contributed by atoms with Crippen molar-refractivity contribution in [1.29, 1.82) is 0 Å². The van der Waals surface area contributed by atoms with Gasteiger partial charge in [0.05, 0.1) is 5.69 Å². The molecular formula is C26H23N3O5. The highest BCUT2D eigenvalue weighted by molar-refractivity contribution is 5.81. The number of ether oxygens (including phenoxy) is 2. The molecule has 172 valence electrons. The molecule has 0 saturated heterocycles. The van der Waals surface area contributed by atoms with Gasteiger partial charge in [-0.3, -0.25) is 9.20 Å². The van der Waals surface area contributed by atoms with Crippen LogP contribution in [0.2, 0.25) is 0 Å². The van der Waals surface area contributed by atoms with E-state index in [9.17, 15) is 14.4 Å². The lowest BCUT2D eigenvalue weighted by Crippen LogP contribution is -2.43. The second-order valence-electron chi connectivity index (χ2n) is 7.57. The summed E-state index contributed by atoms with van der Waals surface area (Å²) in [7, 11) is 0. The number of hydrogen-bond acceptors (Lipinski definition) is 6. The average molecular weight is 457 g/mol. The molecule has 0 fully saturated rings. The van der Waals surface area contributed by atoms with Crippen LogP contribution in [0.5, 0.6) is 0 Å². The van der Waals surface area contributed by atoms with Crippen LogP contribution in [0.3, 0.4) is 0 Å². The van der Waals surface area contributed by atoms with Crippen LogP contribution in [0.4, 0.5) is 4.79 Å². The van der Waals surface area contributed by atoms with E-state index in [2.05, 4.69) is 10.3 Å². The number of hydrogen-bond donors (Lipinski definition) is 1. The van der Waals surface area contributed by atoms with Crippen molar-refractivity contribution in [3.05, 3.63) is 118 Å². The first-order valence-electron chi connectivity index (χ1n) is 10.7. The fraction of sp³-hybridized carbons (Fsp3) is 0.154. The maximum absolute atomic E-state index is 12.9. The molecule has 0 aliphatic heterocycles. The summed E-state index contributed by atoms with van der Waals surface area (Å²) in [5.41, 5.74) is 2.16. The first-order valence-corrected chi connectivity index (χ1v) is 10.7. The van der Waals surface area contributed by atoms with E-state index in [-0.39, 0.29) is 25.2 Å². The van der Waals surface area contributed by atoms with E-state index in [0.717, 1.165) is 11.1 Å². The first kappa shape index (κ1) is 22.7. The molecule has 4 aromatic rings. The third kappa shape index (κ3) is 6.07. The van der Waals surface area contributed by atoms with Gasteiger partial charge in [-0.1, -0.05) is 66.7 Å². The molecule has 0 bridgehead atoms. The minimum Gasteiger partial charge on any atom is -0.458 e.